The lowest BCUT2D eigenvalue weighted by molar-refractivity contribution is -0.144. The summed E-state index contributed by atoms with van der Waals surface area (Å²) in [6.45, 7) is 0.0538. The first-order valence-corrected chi connectivity index (χ1v) is 4.62. The zero-order valence-electron chi connectivity index (χ0n) is 7.77. The van der Waals surface area contributed by atoms with Gasteiger partial charge < -0.3 is 20.1 Å². The second-order valence-corrected chi connectivity index (χ2v) is 3.30. The molecule has 1 aliphatic heterocycles. The lowest BCUT2D eigenvalue weighted by Crippen LogP contribution is -2.54. The number of aliphatic hydroxyl groups is 3. The minimum atomic E-state index is -1.57. The van der Waals surface area contributed by atoms with Crippen LogP contribution in [0.15, 0.2) is 0 Å². The average Bonchev–Trinajstić information content (AvgIpc) is 2.27. The highest BCUT2D eigenvalue weighted by molar-refractivity contribution is 4.81. The summed E-state index contributed by atoms with van der Waals surface area (Å²) in [7, 11) is 0. The van der Waals surface area contributed by atoms with Crippen LogP contribution in [0.3, 0.4) is 0 Å². The van der Waals surface area contributed by atoms with Gasteiger partial charge in [-0.05, 0) is 13.0 Å². The van der Waals surface area contributed by atoms with Crippen LogP contribution in [0.2, 0.25) is 0 Å². The van der Waals surface area contributed by atoms with Crippen LogP contribution in [-0.4, -0.2) is 59.7 Å². The van der Waals surface area contributed by atoms with Gasteiger partial charge in [0.15, 0.2) is 0 Å². The lowest BCUT2D eigenvalue weighted by Gasteiger charge is -2.31. The number of hydrogen-bond donors (Lipinski definition) is 4. The second kappa shape index (κ2) is 5.57. The van der Waals surface area contributed by atoms with Crippen molar-refractivity contribution in [2.24, 2.45) is 0 Å². The van der Waals surface area contributed by atoms with E-state index in [4.69, 9.17) is 9.84 Å². The topological polar surface area (TPSA) is 82.0 Å². The molecule has 6 heteroatoms. The SMILES string of the molecule is O[C@H]([C@@H](O)[C@H]1NCCCO1)[C@H](O)CF. The third-order valence-electron chi connectivity index (χ3n) is 2.18. The summed E-state index contributed by atoms with van der Waals surface area (Å²) in [6.07, 6.45) is -4.33. The summed E-state index contributed by atoms with van der Waals surface area (Å²) in [5.74, 6) is 0. The molecule has 0 radical (unpaired) electrons. The van der Waals surface area contributed by atoms with Crippen LogP contribution in [0.1, 0.15) is 6.42 Å². The Balaban J connectivity index is 2.41. The molecule has 0 aromatic carbocycles. The van der Waals surface area contributed by atoms with Crippen molar-refractivity contribution in [2.45, 2.75) is 31.0 Å². The van der Waals surface area contributed by atoms with Gasteiger partial charge in [-0.2, -0.15) is 0 Å². The normalized spacial score (nSPS) is 29.6. The smallest absolute Gasteiger partial charge is 0.136 e. The fourth-order valence-corrected chi connectivity index (χ4v) is 1.30. The summed E-state index contributed by atoms with van der Waals surface area (Å²) in [6, 6.07) is 0. The first-order chi connectivity index (χ1) is 6.66. The van der Waals surface area contributed by atoms with Gasteiger partial charge in [0.2, 0.25) is 0 Å². The van der Waals surface area contributed by atoms with Gasteiger partial charge in [0.1, 0.15) is 31.2 Å². The molecule has 1 heterocycles. The Labute approximate surface area is 81.5 Å². The van der Waals surface area contributed by atoms with E-state index in [-0.39, 0.29) is 0 Å². The van der Waals surface area contributed by atoms with E-state index in [1.807, 2.05) is 0 Å². The molecule has 0 bridgehead atoms. The third kappa shape index (κ3) is 2.86. The first kappa shape index (κ1) is 11.8. The summed E-state index contributed by atoms with van der Waals surface area (Å²) in [4.78, 5) is 0. The number of rotatable bonds is 4. The molecular formula is C8H16FNO4. The molecule has 1 saturated heterocycles. The molecule has 1 fully saturated rings. The molecule has 4 atom stereocenters. The minimum Gasteiger partial charge on any atom is -0.388 e. The van der Waals surface area contributed by atoms with E-state index in [0.29, 0.717) is 13.2 Å². The van der Waals surface area contributed by atoms with Crippen molar-refractivity contribution >= 4 is 0 Å². The van der Waals surface area contributed by atoms with Crippen molar-refractivity contribution in [1.29, 1.82) is 0 Å². The molecule has 0 saturated carbocycles. The molecular weight excluding hydrogens is 193 g/mol. The van der Waals surface area contributed by atoms with Gasteiger partial charge in [-0.1, -0.05) is 0 Å². The minimum absolute atomic E-state index is 0.479. The van der Waals surface area contributed by atoms with Gasteiger partial charge in [0, 0.05) is 0 Å². The van der Waals surface area contributed by atoms with Crippen molar-refractivity contribution in [3.05, 3.63) is 0 Å². The number of ether oxygens (including phenoxy) is 1. The molecule has 5 nitrogen and oxygen atoms in total. The van der Waals surface area contributed by atoms with Crippen LogP contribution in [0.4, 0.5) is 4.39 Å². The number of aliphatic hydroxyl groups excluding tert-OH is 3. The van der Waals surface area contributed by atoms with E-state index in [9.17, 15) is 14.6 Å². The highest BCUT2D eigenvalue weighted by atomic mass is 19.1. The van der Waals surface area contributed by atoms with Gasteiger partial charge in [-0.25, -0.2) is 4.39 Å². The maximum atomic E-state index is 12.0. The largest absolute Gasteiger partial charge is 0.388 e. The Bertz CT molecular complexity index is 163. The third-order valence-corrected chi connectivity index (χ3v) is 2.18. The van der Waals surface area contributed by atoms with Crippen molar-refractivity contribution in [3.8, 4) is 0 Å². The Kier molecular flexibility index (Phi) is 4.70. The van der Waals surface area contributed by atoms with Crippen LogP contribution in [0, 0.1) is 0 Å². The molecule has 1 rings (SSSR count). The monoisotopic (exact) mass is 209 g/mol. The van der Waals surface area contributed by atoms with Crippen LogP contribution >= 0.6 is 0 Å². The maximum absolute atomic E-state index is 12.0. The zero-order chi connectivity index (χ0) is 10.6. The van der Waals surface area contributed by atoms with Crippen LogP contribution in [-0.2, 0) is 4.74 Å². The van der Waals surface area contributed by atoms with Gasteiger partial charge in [0.25, 0.3) is 0 Å². The highest BCUT2D eigenvalue weighted by Crippen LogP contribution is 2.09. The Morgan fingerprint density at radius 2 is 2.14 bits per heavy atom. The molecule has 0 aliphatic carbocycles. The van der Waals surface area contributed by atoms with E-state index in [1.165, 1.54) is 0 Å². The summed E-state index contributed by atoms with van der Waals surface area (Å²) in [5.41, 5.74) is 0. The maximum Gasteiger partial charge on any atom is 0.136 e. The Morgan fingerprint density at radius 1 is 1.43 bits per heavy atom. The molecule has 4 N–H and O–H groups in total. The lowest BCUT2D eigenvalue weighted by atomic mass is 10.1. The van der Waals surface area contributed by atoms with E-state index in [1.54, 1.807) is 0 Å². The quantitative estimate of drug-likeness (QED) is 0.447. The number of nitrogens with one attached hydrogen (secondary N) is 1. The van der Waals surface area contributed by atoms with Crippen molar-refractivity contribution in [3.63, 3.8) is 0 Å². The van der Waals surface area contributed by atoms with E-state index >= 15 is 0 Å². The molecule has 0 unspecified atom stereocenters. The number of hydrogen-bond acceptors (Lipinski definition) is 5. The number of alkyl halides is 1. The highest BCUT2D eigenvalue weighted by Gasteiger charge is 2.32. The zero-order valence-corrected chi connectivity index (χ0v) is 7.77. The predicted octanol–water partition coefficient (Wildman–Crippen LogP) is -1.63. The van der Waals surface area contributed by atoms with Crippen molar-refractivity contribution < 1.29 is 24.4 Å². The Hall–Kier alpha value is -0.270. The second-order valence-electron chi connectivity index (χ2n) is 3.30. The van der Waals surface area contributed by atoms with Crippen LogP contribution in [0.5, 0.6) is 0 Å². The summed E-state index contributed by atoms with van der Waals surface area (Å²) in [5, 5.41) is 30.5. The van der Waals surface area contributed by atoms with Crippen LogP contribution in [0.25, 0.3) is 0 Å². The number of halogens is 1. The van der Waals surface area contributed by atoms with E-state index in [0.717, 1.165) is 6.42 Å². The van der Waals surface area contributed by atoms with E-state index < -0.39 is 31.2 Å². The van der Waals surface area contributed by atoms with Gasteiger partial charge in [-0.3, -0.25) is 5.32 Å². The molecule has 0 spiro atoms. The van der Waals surface area contributed by atoms with E-state index in [2.05, 4.69) is 5.32 Å². The average molecular weight is 209 g/mol. The molecule has 1 aliphatic rings. The fourth-order valence-electron chi connectivity index (χ4n) is 1.30. The van der Waals surface area contributed by atoms with Crippen molar-refractivity contribution in [1.82, 2.24) is 5.32 Å². The summed E-state index contributed by atoms with van der Waals surface area (Å²) >= 11 is 0. The Morgan fingerprint density at radius 3 is 2.64 bits per heavy atom. The molecule has 14 heavy (non-hydrogen) atoms. The standard InChI is InChI=1S/C8H16FNO4/c9-4-5(11)6(12)7(13)8-10-2-1-3-14-8/h5-8,10-13H,1-4H2/t5-,6+,7-,8+/m1/s1. The van der Waals surface area contributed by atoms with Crippen LogP contribution < -0.4 is 5.32 Å². The first-order valence-electron chi connectivity index (χ1n) is 4.62. The summed E-state index contributed by atoms with van der Waals surface area (Å²) < 4.78 is 17.1. The molecule has 84 valence electrons. The van der Waals surface area contributed by atoms with Gasteiger partial charge in [0.05, 0.1) is 6.61 Å². The van der Waals surface area contributed by atoms with Gasteiger partial charge >= 0.3 is 0 Å². The molecule has 0 amide bonds. The fraction of sp³-hybridized carbons (Fsp3) is 1.00. The predicted molar refractivity (Wildman–Crippen MR) is 46.4 cm³/mol. The molecule has 0 aromatic heterocycles. The molecule has 0 aromatic rings. The van der Waals surface area contributed by atoms with Crippen molar-refractivity contribution in [2.75, 3.05) is 19.8 Å². The van der Waals surface area contributed by atoms with Gasteiger partial charge in [-0.15, -0.1) is 0 Å².